The fraction of sp³-hybridized carbons (Fsp3) is 0.650. The Labute approximate surface area is 151 Å². The predicted molar refractivity (Wildman–Crippen MR) is 99.6 cm³/mol. The van der Waals surface area contributed by atoms with Gasteiger partial charge in [0.1, 0.15) is 0 Å². The van der Waals surface area contributed by atoms with Gasteiger partial charge < -0.3 is 19.9 Å². The molecule has 0 bridgehead atoms. The zero-order valence-corrected chi connectivity index (χ0v) is 15.3. The predicted octanol–water partition coefficient (Wildman–Crippen LogP) is 1.53. The van der Waals surface area contributed by atoms with Crippen LogP contribution in [0.1, 0.15) is 24.8 Å². The Morgan fingerprint density at radius 2 is 2.04 bits per heavy atom. The number of morpholine rings is 1. The van der Waals surface area contributed by atoms with E-state index in [2.05, 4.69) is 46.4 Å². The van der Waals surface area contributed by atoms with Gasteiger partial charge >= 0.3 is 0 Å². The Kier molecular flexibility index (Phi) is 6.84. The minimum Gasteiger partial charge on any atom is -0.375 e. The van der Waals surface area contributed by atoms with E-state index in [1.54, 1.807) is 0 Å². The normalized spacial score (nSPS) is 22.7. The Bertz CT molecular complexity index is 523. The number of rotatable bonds is 6. The number of hydrogen-bond acceptors (Lipinski definition) is 4. The third-order valence-electron chi connectivity index (χ3n) is 5.34. The topological polar surface area (TPSA) is 44.8 Å². The van der Waals surface area contributed by atoms with E-state index in [9.17, 15) is 4.79 Å². The smallest absolute Gasteiger partial charge is 0.225 e. The maximum atomic E-state index is 13.0. The van der Waals surface area contributed by atoms with Crippen LogP contribution in [0.25, 0.3) is 0 Å². The van der Waals surface area contributed by atoms with Gasteiger partial charge in [-0.1, -0.05) is 30.3 Å². The molecule has 138 valence electrons. The molecule has 2 fully saturated rings. The van der Waals surface area contributed by atoms with Gasteiger partial charge in [-0.15, -0.1) is 0 Å². The number of carbonyl (C=O) groups is 1. The molecule has 5 heteroatoms. The van der Waals surface area contributed by atoms with Crippen molar-refractivity contribution in [1.29, 1.82) is 0 Å². The van der Waals surface area contributed by atoms with Crippen molar-refractivity contribution in [3.05, 3.63) is 35.9 Å². The van der Waals surface area contributed by atoms with Gasteiger partial charge in [0.25, 0.3) is 0 Å². The maximum Gasteiger partial charge on any atom is 0.225 e. The highest BCUT2D eigenvalue weighted by Crippen LogP contribution is 2.19. The van der Waals surface area contributed by atoms with E-state index >= 15 is 0 Å². The van der Waals surface area contributed by atoms with Crippen LogP contribution in [0, 0.1) is 0 Å². The monoisotopic (exact) mass is 345 g/mol. The van der Waals surface area contributed by atoms with E-state index in [0.717, 1.165) is 52.0 Å². The highest BCUT2D eigenvalue weighted by atomic mass is 16.5. The van der Waals surface area contributed by atoms with Crippen molar-refractivity contribution in [2.45, 2.75) is 37.8 Å². The number of likely N-dealkylation sites (tertiary alicyclic amines) is 1. The fourth-order valence-electron chi connectivity index (χ4n) is 3.77. The molecule has 1 N–H and O–H groups in total. The van der Waals surface area contributed by atoms with Gasteiger partial charge in [-0.25, -0.2) is 0 Å². The summed E-state index contributed by atoms with van der Waals surface area (Å²) in [7, 11) is 2.16. The summed E-state index contributed by atoms with van der Waals surface area (Å²) in [4.78, 5) is 17.5. The number of carbonyl (C=O) groups excluding carboxylic acids is 1. The second-order valence-corrected chi connectivity index (χ2v) is 7.26. The third kappa shape index (κ3) is 5.53. The summed E-state index contributed by atoms with van der Waals surface area (Å²) < 4.78 is 5.75. The Hall–Kier alpha value is -1.43. The first kappa shape index (κ1) is 18.4. The van der Waals surface area contributed by atoms with Crippen molar-refractivity contribution in [2.75, 3.05) is 46.4 Å². The number of piperidine rings is 1. The molecule has 0 saturated carbocycles. The molecule has 1 aromatic rings. The third-order valence-corrected chi connectivity index (χ3v) is 5.34. The molecule has 2 aliphatic heterocycles. The van der Waals surface area contributed by atoms with E-state index < -0.39 is 0 Å². The highest BCUT2D eigenvalue weighted by molar-refractivity contribution is 5.77. The van der Waals surface area contributed by atoms with Crippen molar-refractivity contribution < 1.29 is 9.53 Å². The van der Waals surface area contributed by atoms with Crippen molar-refractivity contribution >= 4 is 5.91 Å². The van der Waals surface area contributed by atoms with Crippen molar-refractivity contribution in [2.24, 2.45) is 0 Å². The second-order valence-electron chi connectivity index (χ2n) is 7.26. The standard InChI is InChI=1S/C20H31N3O2/c1-22-11-8-18(9-12-22)23(13-7-17-5-3-2-4-6-17)20(24)15-19-16-21-10-14-25-19/h2-6,18-19,21H,7-16H2,1H3/t19-/m1/s1. The Morgan fingerprint density at radius 1 is 1.28 bits per heavy atom. The quantitative estimate of drug-likeness (QED) is 0.849. The van der Waals surface area contributed by atoms with Gasteiger partial charge in [0.2, 0.25) is 5.91 Å². The van der Waals surface area contributed by atoms with Crippen molar-refractivity contribution in [3.8, 4) is 0 Å². The summed E-state index contributed by atoms with van der Waals surface area (Å²) in [5.41, 5.74) is 1.30. The molecule has 1 amide bonds. The summed E-state index contributed by atoms with van der Waals surface area (Å²) in [6.45, 7) is 5.32. The summed E-state index contributed by atoms with van der Waals surface area (Å²) in [6.07, 6.45) is 3.57. The molecule has 0 aromatic heterocycles. The first-order valence-corrected chi connectivity index (χ1v) is 9.56. The minimum atomic E-state index is 0.0201. The van der Waals surface area contributed by atoms with Gasteiger partial charge in [0, 0.05) is 25.7 Å². The average molecular weight is 345 g/mol. The summed E-state index contributed by atoms with van der Waals surface area (Å²) in [6, 6.07) is 10.8. The number of nitrogens with zero attached hydrogens (tertiary/aromatic N) is 2. The molecule has 2 saturated heterocycles. The first-order chi connectivity index (χ1) is 12.2. The van der Waals surface area contributed by atoms with E-state index in [4.69, 9.17) is 4.74 Å². The number of hydrogen-bond donors (Lipinski definition) is 1. The molecule has 2 aliphatic rings. The van der Waals surface area contributed by atoms with E-state index in [0.29, 0.717) is 19.1 Å². The lowest BCUT2D eigenvalue weighted by Crippen LogP contribution is -2.49. The zero-order chi connectivity index (χ0) is 17.5. The minimum absolute atomic E-state index is 0.0201. The zero-order valence-electron chi connectivity index (χ0n) is 15.3. The lowest BCUT2D eigenvalue weighted by Gasteiger charge is -2.38. The van der Waals surface area contributed by atoms with Crippen LogP contribution in [-0.2, 0) is 16.0 Å². The molecule has 5 nitrogen and oxygen atoms in total. The van der Waals surface area contributed by atoms with Gasteiger partial charge in [-0.2, -0.15) is 0 Å². The lowest BCUT2D eigenvalue weighted by molar-refractivity contribution is -0.138. The first-order valence-electron chi connectivity index (χ1n) is 9.56. The molecule has 0 unspecified atom stereocenters. The van der Waals surface area contributed by atoms with Crippen LogP contribution in [0.4, 0.5) is 0 Å². The molecule has 2 heterocycles. The van der Waals surface area contributed by atoms with E-state index in [1.165, 1.54) is 5.56 Å². The second kappa shape index (κ2) is 9.32. The van der Waals surface area contributed by atoms with Crippen LogP contribution in [0.2, 0.25) is 0 Å². The molecule has 25 heavy (non-hydrogen) atoms. The number of ether oxygens (including phenoxy) is 1. The lowest BCUT2D eigenvalue weighted by atomic mass is 10.0. The van der Waals surface area contributed by atoms with Crippen LogP contribution in [-0.4, -0.2) is 74.2 Å². The van der Waals surface area contributed by atoms with E-state index in [-0.39, 0.29) is 12.0 Å². The Balaban J connectivity index is 1.61. The van der Waals surface area contributed by atoms with E-state index in [1.807, 2.05) is 6.07 Å². The molecule has 0 radical (unpaired) electrons. The molecular formula is C20H31N3O2. The molecule has 0 spiro atoms. The molecule has 1 aromatic carbocycles. The molecule has 1 atom stereocenters. The van der Waals surface area contributed by atoms with Crippen molar-refractivity contribution in [3.63, 3.8) is 0 Å². The van der Waals surface area contributed by atoms with Crippen LogP contribution in [0.3, 0.4) is 0 Å². The fourth-order valence-corrected chi connectivity index (χ4v) is 3.77. The van der Waals surface area contributed by atoms with Gasteiger partial charge in [0.05, 0.1) is 19.1 Å². The SMILES string of the molecule is CN1CCC(N(CCc2ccccc2)C(=O)C[C@@H]2CNCCO2)CC1. The molecule has 3 rings (SSSR count). The number of nitrogens with one attached hydrogen (secondary N) is 1. The molecule has 0 aliphatic carbocycles. The van der Waals surface area contributed by atoms with Crippen LogP contribution in [0.5, 0.6) is 0 Å². The van der Waals surface area contributed by atoms with Crippen LogP contribution < -0.4 is 5.32 Å². The average Bonchev–Trinajstić information content (AvgIpc) is 2.65. The number of amides is 1. The summed E-state index contributed by atoms with van der Waals surface area (Å²) >= 11 is 0. The van der Waals surface area contributed by atoms with Crippen molar-refractivity contribution in [1.82, 2.24) is 15.1 Å². The summed E-state index contributed by atoms with van der Waals surface area (Å²) in [5, 5.41) is 3.32. The maximum absolute atomic E-state index is 13.0. The number of benzene rings is 1. The highest BCUT2D eigenvalue weighted by Gasteiger charge is 2.28. The van der Waals surface area contributed by atoms with Crippen LogP contribution in [0.15, 0.2) is 30.3 Å². The van der Waals surface area contributed by atoms with Crippen LogP contribution >= 0.6 is 0 Å². The Morgan fingerprint density at radius 3 is 2.72 bits per heavy atom. The van der Waals surface area contributed by atoms with Gasteiger partial charge in [-0.05, 0) is 45.0 Å². The molecular weight excluding hydrogens is 314 g/mol. The van der Waals surface area contributed by atoms with Gasteiger partial charge in [0.15, 0.2) is 0 Å². The largest absolute Gasteiger partial charge is 0.375 e. The summed E-state index contributed by atoms with van der Waals surface area (Å²) in [5.74, 6) is 0.249. The van der Waals surface area contributed by atoms with Gasteiger partial charge in [-0.3, -0.25) is 4.79 Å².